The highest BCUT2D eigenvalue weighted by Gasteiger charge is 2.05. The number of aliphatic hydroxyl groups excluding tert-OH is 1. The van der Waals surface area contributed by atoms with Crippen molar-refractivity contribution in [2.24, 2.45) is 5.73 Å². The topological polar surface area (TPSA) is 85.4 Å². The highest BCUT2D eigenvalue weighted by molar-refractivity contribution is 5.93. The minimum Gasteiger partial charge on any atom is -0.493 e. The first-order valence-corrected chi connectivity index (χ1v) is 5.99. The molecule has 1 aromatic carbocycles. The SMILES string of the molecule is CC(O)CCOc1[c]cc2ccc(C(N)=O)nc2c1. The largest absolute Gasteiger partial charge is 0.493 e. The minimum absolute atomic E-state index is 0.216. The molecule has 3 N–H and O–H groups in total. The van der Waals surface area contributed by atoms with Crippen LogP contribution in [-0.4, -0.2) is 28.7 Å². The van der Waals surface area contributed by atoms with Crippen molar-refractivity contribution in [2.75, 3.05) is 6.61 Å². The summed E-state index contributed by atoms with van der Waals surface area (Å²) < 4.78 is 5.45. The van der Waals surface area contributed by atoms with Crippen molar-refractivity contribution in [3.8, 4) is 5.75 Å². The molecule has 0 aliphatic rings. The number of rotatable bonds is 5. The van der Waals surface area contributed by atoms with E-state index in [-0.39, 0.29) is 5.69 Å². The summed E-state index contributed by atoms with van der Waals surface area (Å²) in [4.78, 5) is 15.2. The Kier molecular flexibility index (Phi) is 3.97. The van der Waals surface area contributed by atoms with Crippen LogP contribution in [0.3, 0.4) is 0 Å². The van der Waals surface area contributed by atoms with E-state index in [1.807, 2.05) is 0 Å². The molecule has 19 heavy (non-hydrogen) atoms. The van der Waals surface area contributed by atoms with Crippen LogP contribution in [0.1, 0.15) is 23.8 Å². The quantitative estimate of drug-likeness (QED) is 0.847. The third kappa shape index (κ3) is 3.42. The monoisotopic (exact) mass is 259 g/mol. The lowest BCUT2D eigenvalue weighted by molar-refractivity contribution is 0.0996. The Balaban J connectivity index is 2.20. The number of ether oxygens (including phenoxy) is 1. The Morgan fingerprint density at radius 3 is 3.05 bits per heavy atom. The third-order valence-electron chi connectivity index (χ3n) is 2.64. The van der Waals surface area contributed by atoms with Crippen molar-refractivity contribution < 1.29 is 14.6 Å². The zero-order valence-electron chi connectivity index (χ0n) is 10.6. The predicted molar refractivity (Wildman–Crippen MR) is 70.9 cm³/mol. The van der Waals surface area contributed by atoms with Crippen molar-refractivity contribution in [1.82, 2.24) is 4.98 Å². The summed E-state index contributed by atoms with van der Waals surface area (Å²) in [5.41, 5.74) is 6.03. The molecular formula is C14H15N2O3. The van der Waals surface area contributed by atoms with E-state index < -0.39 is 12.0 Å². The van der Waals surface area contributed by atoms with Gasteiger partial charge in [0.2, 0.25) is 0 Å². The average molecular weight is 259 g/mol. The number of hydrogen-bond acceptors (Lipinski definition) is 4. The molecule has 0 bridgehead atoms. The summed E-state index contributed by atoms with van der Waals surface area (Å²) in [6, 6.07) is 9.75. The zero-order valence-corrected chi connectivity index (χ0v) is 10.6. The summed E-state index contributed by atoms with van der Waals surface area (Å²) in [7, 11) is 0. The molecule has 1 aromatic heterocycles. The maximum atomic E-state index is 11.1. The number of fused-ring (bicyclic) bond motifs is 1. The number of carbonyl (C=O) groups excluding carboxylic acids is 1. The summed E-state index contributed by atoms with van der Waals surface area (Å²) in [5, 5.41) is 10.0. The fourth-order valence-corrected chi connectivity index (χ4v) is 1.60. The van der Waals surface area contributed by atoms with E-state index in [2.05, 4.69) is 11.1 Å². The number of aromatic nitrogens is 1. The van der Waals surface area contributed by atoms with Gasteiger partial charge in [-0.1, -0.05) is 6.07 Å². The van der Waals surface area contributed by atoms with Crippen LogP contribution in [0.4, 0.5) is 0 Å². The molecule has 1 atom stereocenters. The molecular weight excluding hydrogens is 244 g/mol. The molecule has 0 fully saturated rings. The van der Waals surface area contributed by atoms with Gasteiger partial charge in [-0.2, -0.15) is 0 Å². The minimum atomic E-state index is -0.564. The van der Waals surface area contributed by atoms with E-state index in [9.17, 15) is 4.79 Å². The third-order valence-corrected chi connectivity index (χ3v) is 2.64. The molecule has 2 rings (SSSR count). The fourth-order valence-electron chi connectivity index (χ4n) is 1.60. The number of aliphatic hydroxyl groups is 1. The molecule has 0 spiro atoms. The van der Waals surface area contributed by atoms with Gasteiger partial charge in [0.25, 0.3) is 5.91 Å². The fraction of sp³-hybridized carbons (Fsp3) is 0.286. The van der Waals surface area contributed by atoms with Gasteiger partial charge in [0.15, 0.2) is 0 Å². The Bertz CT molecular complexity index is 596. The van der Waals surface area contributed by atoms with Crippen LogP contribution < -0.4 is 10.5 Å². The predicted octanol–water partition coefficient (Wildman–Crippen LogP) is 1.28. The number of carbonyl (C=O) groups is 1. The number of benzene rings is 1. The van der Waals surface area contributed by atoms with Crippen molar-refractivity contribution in [3.05, 3.63) is 36.0 Å². The molecule has 1 radical (unpaired) electrons. The van der Waals surface area contributed by atoms with Gasteiger partial charge in [-0.3, -0.25) is 4.79 Å². The van der Waals surface area contributed by atoms with Crippen molar-refractivity contribution in [2.45, 2.75) is 19.4 Å². The van der Waals surface area contributed by atoms with Crippen LogP contribution in [0.2, 0.25) is 0 Å². The van der Waals surface area contributed by atoms with Crippen LogP contribution in [0.5, 0.6) is 5.75 Å². The molecule has 0 saturated carbocycles. The second-order valence-electron chi connectivity index (χ2n) is 4.32. The van der Waals surface area contributed by atoms with Crippen molar-refractivity contribution >= 4 is 16.8 Å². The Labute approximate surface area is 111 Å². The van der Waals surface area contributed by atoms with Crippen LogP contribution >= 0.6 is 0 Å². The smallest absolute Gasteiger partial charge is 0.267 e. The number of nitrogens with two attached hydrogens (primary N) is 1. The van der Waals surface area contributed by atoms with Gasteiger partial charge in [0, 0.05) is 23.9 Å². The van der Waals surface area contributed by atoms with E-state index in [1.165, 1.54) is 0 Å². The lowest BCUT2D eigenvalue weighted by Gasteiger charge is -2.08. The van der Waals surface area contributed by atoms with Gasteiger partial charge in [-0.25, -0.2) is 4.98 Å². The molecule has 5 nitrogen and oxygen atoms in total. The molecule has 1 unspecified atom stereocenters. The highest BCUT2D eigenvalue weighted by Crippen LogP contribution is 2.19. The Morgan fingerprint density at radius 2 is 2.37 bits per heavy atom. The van der Waals surface area contributed by atoms with E-state index in [4.69, 9.17) is 15.6 Å². The lowest BCUT2D eigenvalue weighted by atomic mass is 10.2. The van der Waals surface area contributed by atoms with Gasteiger partial charge < -0.3 is 15.6 Å². The second kappa shape index (κ2) is 5.67. The maximum Gasteiger partial charge on any atom is 0.267 e. The van der Waals surface area contributed by atoms with Gasteiger partial charge >= 0.3 is 0 Å². The van der Waals surface area contributed by atoms with Crippen LogP contribution in [0, 0.1) is 6.07 Å². The van der Waals surface area contributed by atoms with Gasteiger partial charge in [0.05, 0.1) is 18.2 Å². The Hall–Kier alpha value is -2.14. The van der Waals surface area contributed by atoms with Crippen molar-refractivity contribution in [1.29, 1.82) is 0 Å². The number of amides is 1. The van der Waals surface area contributed by atoms with E-state index in [0.29, 0.717) is 24.3 Å². The molecule has 99 valence electrons. The lowest BCUT2D eigenvalue weighted by Crippen LogP contribution is -2.12. The first-order valence-electron chi connectivity index (χ1n) is 5.99. The normalized spacial score (nSPS) is 12.3. The molecule has 5 heteroatoms. The average Bonchev–Trinajstić information content (AvgIpc) is 2.37. The number of hydrogen-bond donors (Lipinski definition) is 2. The molecule has 1 amide bonds. The summed E-state index contributed by atoms with van der Waals surface area (Å²) in [6.45, 7) is 2.10. The number of primary amides is 1. The van der Waals surface area contributed by atoms with E-state index >= 15 is 0 Å². The summed E-state index contributed by atoms with van der Waals surface area (Å²) in [6.07, 6.45) is 0.140. The molecule has 0 aliphatic carbocycles. The first kappa shape index (κ1) is 13.3. The van der Waals surface area contributed by atoms with Gasteiger partial charge in [-0.15, -0.1) is 0 Å². The van der Waals surface area contributed by atoms with E-state index in [1.54, 1.807) is 31.2 Å². The maximum absolute atomic E-state index is 11.1. The van der Waals surface area contributed by atoms with Crippen LogP contribution in [-0.2, 0) is 0 Å². The van der Waals surface area contributed by atoms with E-state index in [0.717, 1.165) is 5.39 Å². The Morgan fingerprint density at radius 1 is 1.58 bits per heavy atom. The summed E-state index contributed by atoms with van der Waals surface area (Å²) in [5.74, 6) is -0.0337. The highest BCUT2D eigenvalue weighted by atomic mass is 16.5. The molecule has 0 saturated heterocycles. The standard InChI is InChI=1S/C14H15N2O3/c1-9(17)6-7-19-11-4-2-10-3-5-12(14(15)18)16-13(10)8-11/h2-3,5,8-9,17H,6-7H2,1H3,(H2,15,18). The molecule has 0 aliphatic heterocycles. The summed E-state index contributed by atoms with van der Waals surface area (Å²) >= 11 is 0. The first-order chi connectivity index (χ1) is 9.06. The number of nitrogens with zero attached hydrogens (tertiary/aromatic N) is 1. The van der Waals surface area contributed by atoms with Gasteiger partial charge in [0.1, 0.15) is 11.4 Å². The number of pyridine rings is 1. The van der Waals surface area contributed by atoms with Crippen molar-refractivity contribution in [3.63, 3.8) is 0 Å². The van der Waals surface area contributed by atoms with Crippen LogP contribution in [0.25, 0.3) is 10.9 Å². The van der Waals surface area contributed by atoms with Crippen LogP contribution in [0.15, 0.2) is 24.3 Å². The molecule has 2 aromatic rings. The zero-order chi connectivity index (χ0) is 13.8. The molecule has 1 heterocycles. The van der Waals surface area contributed by atoms with Gasteiger partial charge in [-0.05, 0) is 19.1 Å². The second-order valence-corrected chi connectivity index (χ2v) is 4.32.